The predicted molar refractivity (Wildman–Crippen MR) is 73.4 cm³/mol. The smallest absolute Gasteiger partial charge is 0.221 e. The van der Waals surface area contributed by atoms with E-state index in [9.17, 15) is 0 Å². The average Bonchev–Trinajstić information content (AvgIpc) is 2.85. The highest BCUT2D eigenvalue weighted by molar-refractivity contribution is 6.18. The van der Waals surface area contributed by atoms with Crippen LogP contribution >= 0.6 is 11.6 Å². The quantitative estimate of drug-likeness (QED) is 0.835. The molecular weight excluding hydrogens is 250 g/mol. The molecule has 5 heteroatoms. The highest BCUT2D eigenvalue weighted by Gasteiger charge is 2.26. The van der Waals surface area contributed by atoms with Crippen molar-refractivity contribution >= 4 is 17.4 Å². The standard InChI is InChI=1S/C13H20ClN3O/c1-9-12(16-8-17-13(9)18-2)15-7-11-5-3-4-10(11)6-14/h8,10-11H,3-7H2,1-2H3,(H,15,16,17). The number of rotatable bonds is 5. The van der Waals surface area contributed by atoms with Crippen LogP contribution in [0.15, 0.2) is 6.33 Å². The Morgan fingerprint density at radius 2 is 2.17 bits per heavy atom. The molecular formula is C13H20ClN3O. The molecule has 18 heavy (non-hydrogen) atoms. The van der Waals surface area contributed by atoms with Gasteiger partial charge in [0.15, 0.2) is 0 Å². The molecule has 2 rings (SSSR count). The molecule has 0 aromatic carbocycles. The molecule has 4 nitrogen and oxygen atoms in total. The number of ether oxygens (including phenoxy) is 1. The van der Waals surface area contributed by atoms with Crippen molar-refractivity contribution in [2.24, 2.45) is 11.8 Å². The van der Waals surface area contributed by atoms with E-state index < -0.39 is 0 Å². The van der Waals surface area contributed by atoms with Gasteiger partial charge in [-0.15, -0.1) is 11.6 Å². The number of anilines is 1. The summed E-state index contributed by atoms with van der Waals surface area (Å²) in [7, 11) is 1.62. The Kier molecular flexibility index (Phi) is 4.64. The first kappa shape index (κ1) is 13.4. The van der Waals surface area contributed by atoms with Crippen LogP contribution in [-0.2, 0) is 0 Å². The Balaban J connectivity index is 1.98. The molecule has 100 valence electrons. The molecule has 1 fully saturated rings. The minimum atomic E-state index is 0.632. The van der Waals surface area contributed by atoms with Crippen LogP contribution in [0.1, 0.15) is 24.8 Å². The van der Waals surface area contributed by atoms with Crippen molar-refractivity contribution in [1.29, 1.82) is 0 Å². The Morgan fingerprint density at radius 1 is 1.39 bits per heavy atom. The number of alkyl halides is 1. The lowest BCUT2D eigenvalue weighted by atomic mass is 9.98. The molecule has 1 aliphatic rings. The lowest BCUT2D eigenvalue weighted by Crippen LogP contribution is -2.20. The van der Waals surface area contributed by atoms with Crippen LogP contribution in [0.4, 0.5) is 5.82 Å². The van der Waals surface area contributed by atoms with Gasteiger partial charge in [-0.05, 0) is 31.6 Å². The van der Waals surface area contributed by atoms with E-state index in [0.717, 1.165) is 23.8 Å². The van der Waals surface area contributed by atoms with Crippen LogP contribution in [0.3, 0.4) is 0 Å². The molecule has 1 saturated carbocycles. The number of hydrogen-bond donors (Lipinski definition) is 1. The first-order valence-corrected chi connectivity index (χ1v) is 6.95. The Bertz CT molecular complexity index is 400. The van der Waals surface area contributed by atoms with E-state index in [1.54, 1.807) is 7.11 Å². The molecule has 0 spiro atoms. The van der Waals surface area contributed by atoms with Gasteiger partial charge in [-0.3, -0.25) is 0 Å². The summed E-state index contributed by atoms with van der Waals surface area (Å²) in [5.74, 6) is 3.55. The van der Waals surface area contributed by atoms with E-state index in [2.05, 4.69) is 15.3 Å². The van der Waals surface area contributed by atoms with E-state index in [4.69, 9.17) is 16.3 Å². The van der Waals surface area contributed by atoms with E-state index in [0.29, 0.717) is 17.7 Å². The number of nitrogens with one attached hydrogen (secondary N) is 1. The summed E-state index contributed by atoms with van der Waals surface area (Å²) in [6.07, 6.45) is 5.32. The molecule has 0 amide bonds. The summed E-state index contributed by atoms with van der Waals surface area (Å²) in [6.45, 7) is 2.90. The summed E-state index contributed by atoms with van der Waals surface area (Å²) in [5.41, 5.74) is 0.959. The Hall–Kier alpha value is -1.03. The molecule has 1 aromatic heterocycles. The van der Waals surface area contributed by atoms with E-state index in [1.807, 2.05) is 6.92 Å². The molecule has 0 radical (unpaired) electrons. The molecule has 1 heterocycles. The zero-order valence-electron chi connectivity index (χ0n) is 10.9. The SMILES string of the molecule is COc1ncnc(NCC2CCCC2CCl)c1C. The van der Waals surface area contributed by atoms with Crippen molar-refractivity contribution in [3.05, 3.63) is 11.9 Å². The second-order valence-electron chi connectivity index (χ2n) is 4.84. The second-order valence-corrected chi connectivity index (χ2v) is 5.15. The van der Waals surface area contributed by atoms with Gasteiger partial charge in [0.25, 0.3) is 0 Å². The maximum atomic E-state index is 5.99. The third-order valence-electron chi connectivity index (χ3n) is 3.78. The fraction of sp³-hybridized carbons (Fsp3) is 0.692. The van der Waals surface area contributed by atoms with Gasteiger partial charge < -0.3 is 10.1 Å². The van der Waals surface area contributed by atoms with Gasteiger partial charge in [0.2, 0.25) is 5.88 Å². The van der Waals surface area contributed by atoms with Crippen LogP contribution in [0.2, 0.25) is 0 Å². The maximum absolute atomic E-state index is 5.99. The predicted octanol–water partition coefficient (Wildman–Crippen LogP) is 2.86. The van der Waals surface area contributed by atoms with Gasteiger partial charge in [0.05, 0.1) is 12.7 Å². The summed E-state index contributed by atoms with van der Waals surface area (Å²) in [6, 6.07) is 0. The van der Waals surface area contributed by atoms with Gasteiger partial charge in [0, 0.05) is 12.4 Å². The van der Waals surface area contributed by atoms with Crippen molar-refractivity contribution < 1.29 is 4.74 Å². The molecule has 0 saturated heterocycles. The van der Waals surface area contributed by atoms with Gasteiger partial charge in [0.1, 0.15) is 12.1 Å². The Morgan fingerprint density at radius 3 is 2.89 bits per heavy atom. The van der Waals surface area contributed by atoms with Crippen LogP contribution in [0.25, 0.3) is 0 Å². The molecule has 1 aliphatic carbocycles. The highest BCUT2D eigenvalue weighted by Crippen LogP contribution is 2.33. The molecule has 2 atom stereocenters. The number of aromatic nitrogens is 2. The van der Waals surface area contributed by atoms with Crippen LogP contribution in [0, 0.1) is 18.8 Å². The third-order valence-corrected chi connectivity index (χ3v) is 4.17. The monoisotopic (exact) mass is 269 g/mol. The number of nitrogens with zero attached hydrogens (tertiary/aromatic N) is 2. The number of methoxy groups -OCH3 is 1. The van der Waals surface area contributed by atoms with Crippen molar-refractivity contribution in [3.63, 3.8) is 0 Å². The van der Waals surface area contributed by atoms with Crippen molar-refractivity contribution in [1.82, 2.24) is 9.97 Å². The molecule has 0 bridgehead atoms. The van der Waals surface area contributed by atoms with Gasteiger partial charge in [-0.2, -0.15) is 0 Å². The average molecular weight is 270 g/mol. The molecule has 0 aliphatic heterocycles. The second kappa shape index (κ2) is 6.23. The highest BCUT2D eigenvalue weighted by atomic mass is 35.5. The largest absolute Gasteiger partial charge is 0.481 e. The van der Waals surface area contributed by atoms with Crippen LogP contribution < -0.4 is 10.1 Å². The molecule has 1 aromatic rings. The minimum absolute atomic E-state index is 0.632. The van der Waals surface area contributed by atoms with Crippen LogP contribution in [-0.4, -0.2) is 29.5 Å². The van der Waals surface area contributed by atoms with Crippen molar-refractivity contribution in [2.45, 2.75) is 26.2 Å². The normalized spacial score (nSPS) is 23.1. The van der Waals surface area contributed by atoms with E-state index in [-0.39, 0.29) is 0 Å². The Labute approximate surface area is 113 Å². The van der Waals surface area contributed by atoms with Gasteiger partial charge in [-0.1, -0.05) is 6.42 Å². The number of halogens is 1. The zero-order chi connectivity index (χ0) is 13.0. The first-order valence-electron chi connectivity index (χ1n) is 6.41. The molecule has 1 N–H and O–H groups in total. The van der Waals surface area contributed by atoms with E-state index in [1.165, 1.54) is 25.6 Å². The minimum Gasteiger partial charge on any atom is -0.481 e. The summed E-state index contributed by atoms with van der Waals surface area (Å²) < 4.78 is 5.19. The maximum Gasteiger partial charge on any atom is 0.221 e. The van der Waals surface area contributed by atoms with E-state index >= 15 is 0 Å². The summed E-state index contributed by atoms with van der Waals surface area (Å²) >= 11 is 5.99. The lowest BCUT2D eigenvalue weighted by molar-refractivity contribution is 0.393. The van der Waals surface area contributed by atoms with Crippen LogP contribution in [0.5, 0.6) is 5.88 Å². The third kappa shape index (κ3) is 2.86. The lowest BCUT2D eigenvalue weighted by Gasteiger charge is -2.18. The van der Waals surface area contributed by atoms with Crippen molar-refractivity contribution in [2.75, 3.05) is 24.9 Å². The fourth-order valence-electron chi connectivity index (χ4n) is 2.63. The summed E-state index contributed by atoms with van der Waals surface area (Å²) in [5, 5.41) is 3.40. The first-order chi connectivity index (χ1) is 8.76. The fourth-order valence-corrected chi connectivity index (χ4v) is 3.04. The topological polar surface area (TPSA) is 47.0 Å². The van der Waals surface area contributed by atoms with Gasteiger partial charge in [-0.25, -0.2) is 9.97 Å². The van der Waals surface area contributed by atoms with Crippen molar-refractivity contribution in [3.8, 4) is 5.88 Å². The zero-order valence-corrected chi connectivity index (χ0v) is 11.7. The summed E-state index contributed by atoms with van der Waals surface area (Å²) in [4.78, 5) is 8.34. The number of hydrogen-bond acceptors (Lipinski definition) is 4. The molecule has 2 unspecified atom stereocenters. The van der Waals surface area contributed by atoms with Gasteiger partial charge >= 0.3 is 0 Å².